The molecule has 1 amide bonds. The lowest BCUT2D eigenvalue weighted by atomic mass is 9.50. The number of likely N-dealkylation sites (tertiary alicyclic amines) is 2. The van der Waals surface area contributed by atoms with Crippen LogP contribution in [0.4, 0.5) is 0 Å². The number of carbonyl (C=O) groups excluding carboxylic acids is 3. The van der Waals surface area contributed by atoms with E-state index in [1.165, 1.54) is 38.5 Å². The third kappa shape index (κ3) is 3.65. The summed E-state index contributed by atoms with van der Waals surface area (Å²) in [7, 11) is 0. The largest absolute Gasteiger partial charge is 0.459 e. The highest BCUT2D eigenvalue weighted by Gasteiger charge is 2.72. The van der Waals surface area contributed by atoms with E-state index in [2.05, 4.69) is 11.8 Å². The van der Waals surface area contributed by atoms with E-state index in [-0.39, 0.29) is 47.7 Å². The molecule has 0 N–H and O–H groups in total. The fourth-order valence-corrected chi connectivity index (χ4v) is 10.5. The lowest BCUT2D eigenvalue weighted by Crippen LogP contribution is -2.59. The van der Waals surface area contributed by atoms with Crippen molar-refractivity contribution in [3.63, 3.8) is 0 Å². The Morgan fingerprint density at radius 2 is 1.59 bits per heavy atom. The van der Waals surface area contributed by atoms with Crippen LogP contribution in [0.25, 0.3) is 0 Å². The van der Waals surface area contributed by atoms with Gasteiger partial charge in [-0.25, -0.2) is 0 Å². The number of hydrogen-bond donors (Lipinski definition) is 0. The van der Waals surface area contributed by atoms with Gasteiger partial charge in [0, 0.05) is 12.0 Å². The summed E-state index contributed by atoms with van der Waals surface area (Å²) < 4.78 is 12.8. The molecule has 0 aromatic rings. The zero-order chi connectivity index (χ0) is 25.6. The third-order valence-corrected chi connectivity index (χ3v) is 11.9. The van der Waals surface area contributed by atoms with Gasteiger partial charge in [-0.1, -0.05) is 6.42 Å². The monoisotopic (exact) mass is 512 g/mol. The summed E-state index contributed by atoms with van der Waals surface area (Å²) in [6.45, 7) is 8.42. The van der Waals surface area contributed by atoms with Crippen molar-refractivity contribution in [1.82, 2.24) is 9.80 Å². The van der Waals surface area contributed by atoms with E-state index >= 15 is 0 Å². The smallest absolute Gasteiger partial charge is 0.320 e. The first kappa shape index (κ1) is 24.4. The first-order valence-electron chi connectivity index (χ1n) is 15.2. The zero-order valence-corrected chi connectivity index (χ0v) is 22.8. The number of piperidine rings is 1. The van der Waals surface area contributed by atoms with E-state index in [1.54, 1.807) is 0 Å². The van der Waals surface area contributed by atoms with Crippen LogP contribution in [-0.4, -0.2) is 71.1 Å². The molecule has 8 rings (SSSR count). The third-order valence-electron chi connectivity index (χ3n) is 11.9. The zero-order valence-electron chi connectivity index (χ0n) is 22.8. The number of amides is 1. The molecule has 0 radical (unpaired) electrons. The summed E-state index contributed by atoms with van der Waals surface area (Å²) in [4.78, 5) is 45.0. The van der Waals surface area contributed by atoms with Crippen LogP contribution >= 0.6 is 0 Å². The van der Waals surface area contributed by atoms with E-state index in [1.807, 2.05) is 18.7 Å². The number of rotatable bonds is 6. The number of carbonyl (C=O) groups is 3. The SMILES string of the molecule is CC(C)N1C(=O)C2C3CC(C(OC(=O)CN4CCCCC4)C31)C2C(=O)OC1(C)C2CC3CC(C2)CC1C3. The van der Waals surface area contributed by atoms with Gasteiger partial charge in [0.15, 0.2) is 0 Å². The van der Waals surface area contributed by atoms with Gasteiger partial charge in [0.25, 0.3) is 0 Å². The van der Waals surface area contributed by atoms with Crippen LogP contribution in [0.15, 0.2) is 0 Å². The fourth-order valence-electron chi connectivity index (χ4n) is 10.5. The summed E-state index contributed by atoms with van der Waals surface area (Å²) in [6.07, 6.45) is 9.90. The van der Waals surface area contributed by atoms with Crippen molar-refractivity contribution < 1.29 is 23.9 Å². The van der Waals surface area contributed by atoms with Crippen LogP contribution in [0.3, 0.4) is 0 Å². The van der Waals surface area contributed by atoms with Crippen molar-refractivity contribution in [2.24, 2.45) is 47.3 Å². The fraction of sp³-hybridized carbons (Fsp3) is 0.900. The second-order valence-corrected chi connectivity index (χ2v) is 14.1. The normalized spacial score (nSPS) is 47.8. The maximum atomic E-state index is 14.0. The van der Waals surface area contributed by atoms with Crippen molar-refractivity contribution in [1.29, 1.82) is 0 Å². The van der Waals surface area contributed by atoms with Gasteiger partial charge >= 0.3 is 11.9 Å². The van der Waals surface area contributed by atoms with Crippen molar-refractivity contribution in [2.75, 3.05) is 19.6 Å². The predicted octanol–water partition coefficient (Wildman–Crippen LogP) is 3.64. The van der Waals surface area contributed by atoms with Gasteiger partial charge in [-0.2, -0.15) is 0 Å². The number of fused-ring (bicyclic) bond motifs is 1. The Morgan fingerprint density at radius 1 is 0.946 bits per heavy atom. The first-order valence-corrected chi connectivity index (χ1v) is 15.2. The summed E-state index contributed by atoms with van der Waals surface area (Å²) in [6, 6.07) is -0.0858. The minimum atomic E-state index is -0.487. The maximum Gasteiger partial charge on any atom is 0.320 e. The van der Waals surface area contributed by atoms with Crippen LogP contribution in [0.1, 0.15) is 78.6 Å². The number of hydrogen-bond acceptors (Lipinski definition) is 6. The Hall–Kier alpha value is -1.63. The van der Waals surface area contributed by atoms with Gasteiger partial charge in [-0.3, -0.25) is 19.3 Å². The molecule has 7 nitrogen and oxygen atoms in total. The quantitative estimate of drug-likeness (QED) is 0.506. The molecule has 2 saturated heterocycles. The standard InChI is InChI=1S/C30H44N2O5/c1-16(2)32-26-21-14-22(27(26)36-23(33)15-31-7-5-4-6-8-31)25(24(21)28(32)34)29(35)37-30(3)19-10-17-9-18(12-19)13-20(30)11-17/h16-22,24-27H,4-15H2,1-3H3. The van der Waals surface area contributed by atoms with Gasteiger partial charge in [-0.15, -0.1) is 0 Å². The molecule has 0 spiro atoms. The molecule has 6 bridgehead atoms. The Labute approximate surface area is 221 Å². The minimum Gasteiger partial charge on any atom is -0.459 e. The molecule has 37 heavy (non-hydrogen) atoms. The summed E-state index contributed by atoms with van der Waals surface area (Å²) in [5.41, 5.74) is -0.411. The summed E-state index contributed by atoms with van der Waals surface area (Å²) >= 11 is 0. The van der Waals surface area contributed by atoms with E-state index in [0.29, 0.717) is 18.4 Å². The Kier molecular flexibility index (Phi) is 5.73. The predicted molar refractivity (Wildman–Crippen MR) is 136 cm³/mol. The number of nitrogens with zero attached hydrogens (tertiary/aromatic N) is 2. The van der Waals surface area contributed by atoms with Gasteiger partial charge in [0.1, 0.15) is 11.7 Å². The van der Waals surface area contributed by atoms with Gasteiger partial charge in [0.05, 0.1) is 24.4 Å². The van der Waals surface area contributed by atoms with Crippen LogP contribution in [0.2, 0.25) is 0 Å². The van der Waals surface area contributed by atoms with E-state index in [0.717, 1.165) is 44.2 Å². The van der Waals surface area contributed by atoms with Crippen molar-refractivity contribution in [3.05, 3.63) is 0 Å². The topological polar surface area (TPSA) is 76.2 Å². The lowest BCUT2D eigenvalue weighted by molar-refractivity contribution is -0.211. The van der Waals surface area contributed by atoms with E-state index in [9.17, 15) is 14.4 Å². The van der Waals surface area contributed by atoms with Crippen LogP contribution in [0.5, 0.6) is 0 Å². The Morgan fingerprint density at radius 3 is 2.22 bits per heavy atom. The Bertz CT molecular complexity index is 945. The lowest BCUT2D eigenvalue weighted by Gasteiger charge is -2.59. The molecule has 6 aliphatic carbocycles. The number of esters is 2. The molecule has 6 saturated carbocycles. The average molecular weight is 513 g/mol. The molecule has 2 heterocycles. The number of ether oxygens (including phenoxy) is 2. The van der Waals surface area contributed by atoms with Gasteiger partial charge in [0.2, 0.25) is 5.91 Å². The average Bonchev–Trinajstić information content (AvgIpc) is 3.46. The van der Waals surface area contributed by atoms with E-state index < -0.39 is 17.6 Å². The van der Waals surface area contributed by atoms with Crippen molar-refractivity contribution in [2.45, 2.75) is 102 Å². The highest BCUT2D eigenvalue weighted by molar-refractivity contribution is 5.90. The van der Waals surface area contributed by atoms with Gasteiger partial charge < -0.3 is 14.4 Å². The highest BCUT2D eigenvalue weighted by Crippen LogP contribution is 2.63. The molecule has 7 heteroatoms. The molecular formula is C30H44N2O5. The minimum absolute atomic E-state index is 0.0174. The molecule has 0 aromatic carbocycles. The summed E-state index contributed by atoms with van der Waals surface area (Å²) in [5.74, 6) is 1.33. The maximum absolute atomic E-state index is 14.0. The van der Waals surface area contributed by atoms with Crippen LogP contribution in [-0.2, 0) is 23.9 Å². The molecule has 8 aliphatic rings. The van der Waals surface area contributed by atoms with E-state index in [4.69, 9.17) is 9.47 Å². The van der Waals surface area contributed by atoms with Crippen molar-refractivity contribution >= 4 is 17.8 Å². The molecule has 204 valence electrons. The molecule has 6 atom stereocenters. The molecular weight excluding hydrogens is 468 g/mol. The highest BCUT2D eigenvalue weighted by atomic mass is 16.6. The van der Waals surface area contributed by atoms with Crippen molar-refractivity contribution in [3.8, 4) is 0 Å². The molecule has 0 aromatic heterocycles. The molecule has 8 fully saturated rings. The van der Waals surface area contributed by atoms with Crippen LogP contribution in [0, 0.1) is 47.3 Å². The molecule has 6 unspecified atom stereocenters. The summed E-state index contributed by atoms with van der Waals surface area (Å²) in [5, 5.41) is 0. The molecule has 2 aliphatic heterocycles. The second kappa shape index (κ2) is 8.69. The van der Waals surface area contributed by atoms with Crippen LogP contribution < -0.4 is 0 Å². The second-order valence-electron chi connectivity index (χ2n) is 14.1. The Balaban J connectivity index is 1.12. The van der Waals surface area contributed by atoms with Gasteiger partial charge in [-0.05, 0) is 115 Å². The first-order chi connectivity index (χ1) is 17.7.